The zero-order chi connectivity index (χ0) is 16.3. The molecule has 0 bridgehead atoms. The van der Waals surface area contributed by atoms with Gasteiger partial charge in [-0.1, -0.05) is 6.07 Å². The molecule has 1 amide bonds. The summed E-state index contributed by atoms with van der Waals surface area (Å²) in [7, 11) is -4.24. The van der Waals surface area contributed by atoms with Crippen LogP contribution in [0.5, 0.6) is 0 Å². The maximum atomic E-state index is 13.7. The lowest BCUT2D eigenvalue weighted by Crippen LogP contribution is -2.29. The number of amides is 1. The summed E-state index contributed by atoms with van der Waals surface area (Å²) in [5, 5.41) is 0.828. The Hall–Kier alpha value is -2.06. The van der Waals surface area contributed by atoms with Crippen LogP contribution in [0, 0.1) is 19.7 Å². The first-order valence-corrected chi connectivity index (χ1v) is 8.51. The number of aryl methyl sites for hydroxylation is 2. The Morgan fingerprint density at radius 2 is 2.09 bits per heavy atom. The summed E-state index contributed by atoms with van der Waals surface area (Å²) < 4.78 is 39.4. The van der Waals surface area contributed by atoms with Gasteiger partial charge in [-0.25, -0.2) is 22.5 Å². The molecule has 0 fully saturated rings. The number of nitrogens with zero attached hydrogens (tertiary/aromatic N) is 1. The van der Waals surface area contributed by atoms with E-state index in [1.165, 1.54) is 23.5 Å². The number of sulfonamides is 1. The highest BCUT2D eigenvalue weighted by Gasteiger charge is 2.20. The molecule has 1 aromatic carbocycles. The normalized spacial score (nSPS) is 11.8. The molecule has 1 aromatic heterocycles. The molecule has 0 atom stereocenters. The predicted octanol–water partition coefficient (Wildman–Crippen LogP) is 2.42. The highest BCUT2D eigenvalue weighted by Crippen LogP contribution is 2.16. The van der Waals surface area contributed by atoms with Gasteiger partial charge in [-0.3, -0.25) is 4.79 Å². The molecule has 0 aliphatic heterocycles. The number of carbonyl (C=O) groups is 1. The van der Waals surface area contributed by atoms with E-state index in [4.69, 9.17) is 0 Å². The molecule has 5 nitrogen and oxygen atoms in total. The second kappa shape index (κ2) is 6.37. The van der Waals surface area contributed by atoms with Crippen molar-refractivity contribution in [2.24, 2.45) is 0 Å². The molecule has 116 valence electrons. The van der Waals surface area contributed by atoms with E-state index in [0.717, 1.165) is 23.2 Å². The van der Waals surface area contributed by atoms with Gasteiger partial charge in [0, 0.05) is 17.2 Å². The SMILES string of the molecule is Cc1ccc(S(=O)(=O)NC(=O)C=Cc2cnc(C)s2)c(F)c1. The van der Waals surface area contributed by atoms with E-state index in [0.29, 0.717) is 10.4 Å². The van der Waals surface area contributed by atoms with Gasteiger partial charge in [0.1, 0.15) is 10.7 Å². The minimum atomic E-state index is -4.24. The summed E-state index contributed by atoms with van der Waals surface area (Å²) in [5.41, 5.74) is 0.586. The number of rotatable bonds is 4. The quantitative estimate of drug-likeness (QED) is 0.867. The van der Waals surface area contributed by atoms with Crippen molar-refractivity contribution >= 4 is 33.3 Å². The number of halogens is 1. The van der Waals surface area contributed by atoms with Crippen LogP contribution >= 0.6 is 11.3 Å². The lowest BCUT2D eigenvalue weighted by atomic mass is 10.2. The fourth-order valence-corrected chi connectivity index (χ4v) is 3.35. The highest BCUT2D eigenvalue weighted by molar-refractivity contribution is 7.90. The average molecular weight is 340 g/mol. The Labute approximate surface area is 131 Å². The summed E-state index contributed by atoms with van der Waals surface area (Å²) in [6.45, 7) is 3.45. The number of thiazole rings is 1. The number of carbonyl (C=O) groups excluding carboxylic acids is 1. The van der Waals surface area contributed by atoms with Gasteiger partial charge in [-0.05, 0) is 37.6 Å². The second-order valence-electron chi connectivity index (χ2n) is 4.52. The summed E-state index contributed by atoms with van der Waals surface area (Å²) in [5.74, 6) is -1.76. The number of benzene rings is 1. The molecule has 0 saturated heterocycles. The third kappa shape index (κ3) is 3.99. The Morgan fingerprint density at radius 1 is 1.36 bits per heavy atom. The van der Waals surface area contributed by atoms with Crippen molar-refractivity contribution in [2.75, 3.05) is 0 Å². The van der Waals surface area contributed by atoms with Crippen molar-refractivity contribution < 1.29 is 17.6 Å². The summed E-state index contributed by atoms with van der Waals surface area (Å²) in [4.78, 5) is 15.8. The Kier molecular flexibility index (Phi) is 4.72. The smallest absolute Gasteiger partial charge is 0.267 e. The zero-order valence-electron chi connectivity index (χ0n) is 11.8. The van der Waals surface area contributed by atoms with Gasteiger partial charge in [-0.2, -0.15) is 0 Å². The van der Waals surface area contributed by atoms with E-state index >= 15 is 0 Å². The lowest BCUT2D eigenvalue weighted by molar-refractivity contribution is -0.114. The van der Waals surface area contributed by atoms with E-state index in [1.807, 2.05) is 6.92 Å². The van der Waals surface area contributed by atoms with E-state index in [1.54, 1.807) is 17.8 Å². The third-order valence-electron chi connectivity index (χ3n) is 2.65. The molecule has 0 aliphatic rings. The van der Waals surface area contributed by atoms with Crippen LogP contribution in [0.1, 0.15) is 15.4 Å². The van der Waals surface area contributed by atoms with Crippen molar-refractivity contribution in [3.63, 3.8) is 0 Å². The first-order valence-electron chi connectivity index (χ1n) is 6.21. The van der Waals surface area contributed by atoms with Crippen molar-refractivity contribution in [1.82, 2.24) is 9.71 Å². The molecule has 1 N–H and O–H groups in total. The predicted molar refractivity (Wildman–Crippen MR) is 82.4 cm³/mol. The summed E-state index contributed by atoms with van der Waals surface area (Å²) in [6.07, 6.45) is 4.08. The zero-order valence-corrected chi connectivity index (χ0v) is 13.5. The van der Waals surface area contributed by atoms with Crippen molar-refractivity contribution in [3.05, 3.63) is 51.7 Å². The molecular formula is C14H13FN2O3S2. The van der Waals surface area contributed by atoms with Crippen LogP contribution in [0.2, 0.25) is 0 Å². The maximum absolute atomic E-state index is 13.7. The molecule has 22 heavy (non-hydrogen) atoms. The van der Waals surface area contributed by atoms with Gasteiger partial charge >= 0.3 is 0 Å². The Balaban J connectivity index is 2.14. The van der Waals surface area contributed by atoms with Gasteiger partial charge in [0.2, 0.25) is 0 Å². The molecule has 2 aromatic rings. The lowest BCUT2D eigenvalue weighted by Gasteiger charge is -2.06. The van der Waals surface area contributed by atoms with Crippen LogP contribution in [-0.4, -0.2) is 19.3 Å². The summed E-state index contributed by atoms with van der Waals surface area (Å²) >= 11 is 1.36. The van der Waals surface area contributed by atoms with Gasteiger partial charge in [0.25, 0.3) is 15.9 Å². The van der Waals surface area contributed by atoms with Crippen LogP contribution in [0.25, 0.3) is 6.08 Å². The minimum Gasteiger partial charge on any atom is -0.269 e. The topological polar surface area (TPSA) is 76.1 Å². The van der Waals surface area contributed by atoms with Crippen LogP contribution in [0.4, 0.5) is 4.39 Å². The van der Waals surface area contributed by atoms with Crippen LogP contribution in [0.3, 0.4) is 0 Å². The van der Waals surface area contributed by atoms with Crippen molar-refractivity contribution in [3.8, 4) is 0 Å². The maximum Gasteiger partial charge on any atom is 0.267 e. The largest absolute Gasteiger partial charge is 0.269 e. The molecule has 0 spiro atoms. The van der Waals surface area contributed by atoms with Crippen molar-refractivity contribution in [1.29, 1.82) is 0 Å². The van der Waals surface area contributed by atoms with Gasteiger partial charge in [-0.15, -0.1) is 11.3 Å². The van der Waals surface area contributed by atoms with Crippen molar-refractivity contribution in [2.45, 2.75) is 18.7 Å². The fraction of sp³-hybridized carbons (Fsp3) is 0.143. The standard InChI is InChI=1S/C14H13FN2O3S2/c1-9-3-5-13(12(15)7-9)22(19,20)17-14(18)6-4-11-8-16-10(2)21-11/h3-8H,1-2H3,(H,17,18). The number of hydrogen-bond donors (Lipinski definition) is 1. The number of aromatic nitrogens is 1. The number of hydrogen-bond acceptors (Lipinski definition) is 5. The first kappa shape index (κ1) is 16.3. The summed E-state index contributed by atoms with van der Waals surface area (Å²) in [6, 6.07) is 3.67. The molecule has 1 heterocycles. The Bertz CT molecular complexity index is 842. The molecule has 0 aliphatic carbocycles. The van der Waals surface area contributed by atoms with Crippen LogP contribution in [0.15, 0.2) is 35.4 Å². The Morgan fingerprint density at radius 3 is 2.68 bits per heavy atom. The molecule has 0 saturated carbocycles. The molecule has 0 unspecified atom stereocenters. The first-order chi connectivity index (χ1) is 10.3. The second-order valence-corrected chi connectivity index (χ2v) is 7.44. The molecular weight excluding hydrogens is 327 g/mol. The minimum absolute atomic E-state index is 0.562. The average Bonchev–Trinajstić information content (AvgIpc) is 2.81. The highest BCUT2D eigenvalue weighted by atomic mass is 32.2. The molecule has 0 radical (unpaired) electrons. The van der Waals surface area contributed by atoms with E-state index in [9.17, 15) is 17.6 Å². The van der Waals surface area contributed by atoms with Crippen LogP contribution < -0.4 is 4.72 Å². The number of nitrogens with one attached hydrogen (secondary N) is 1. The van der Waals surface area contributed by atoms with Gasteiger partial charge in [0.05, 0.1) is 5.01 Å². The van der Waals surface area contributed by atoms with Gasteiger partial charge < -0.3 is 0 Å². The third-order valence-corrected chi connectivity index (χ3v) is 4.91. The fourth-order valence-electron chi connectivity index (χ4n) is 1.66. The monoisotopic (exact) mass is 340 g/mol. The van der Waals surface area contributed by atoms with Crippen LogP contribution in [-0.2, 0) is 14.8 Å². The van der Waals surface area contributed by atoms with E-state index in [-0.39, 0.29) is 0 Å². The van der Waals surface area contributed by atoms with E-state index in [2.05, 4.69) is 4.98 Å². The van der Waals surface area contributed by atoms with Gasteiger partial charge in [0.15, 0.2) is 0 Å². The van der Waals surface area contributed by atoms with E-state index < -0.39 is 26.6 Å². The molecule has 2 rings (SSSR count). The molecule has 8 heteroatoms.